The molecule has 0 saturated heterocycles. The summed E-state index contributed by atoms with van der Waals surface area (Å²) in [6.07, 6.45) is 0. The van der Waals surface area contributed by atoms with Crippen LogP contribution in [0.3, 0.4) is 0 Å². The number of benzene rings is 1. The first kappa shape index (κ1) is 14.2. The van der Waals surface area contributed by atoms with Crippen molar-refractivity contribution in [1.29, 1.82) is 0 Å². The molecule has 0 bridgehead atoms. The lowest BCUT2D eigenvalue weighted by molar-refractivity contribution is -0.384. The summed E-state index contributed by atoms with van der Waals surface area (Å²) in [4.78, 5) is 9.97. The Labute approximate surface area is 111 Å². The van der Waals surface area contributed by atoms with Gasteiger partial charge in [0.2, 0.25) is 10.0 Å². The average Bonchev–Trinajstić information content (AvgIpc) is 2.22. The van der Waals surface area contributed by atoms with E-state index in [1.165, 1.54) is 12.1 Å². The zero-order chi connectivity index (χ0) is 13.2. The Balaban J connectivity index is 3.21. The van der Waals surface area contributed by atoms with Crippen LogP contribution in [0.1, 0.15) is 5.56 Å². The topological polar surface area (TPSA) is 89.3 Å². The van der Waals surface area contributed by atoms with Crippen LogP contribution < -0.4 is 4.72 Å². The fraction of sp³-hybridized carbons (Fsp3) is 0.250. The first-order valence-corrected chi connectivity index (χ1v) is 7.43. The van der Waals surface area contributed by atoms with Crippen LogP contribution in [0, 0.1) is 17.0 Å². The minimum atomic E-state index is -3.51. The van der Waals surface area contributed by atoms with Gasteiger partial charge in [0.05, 0.1) is 10.6 Å². The number of sulfonamides is 1. The minimum absolute atomic E-state index is 0.118. The lowest BCUT2D eigenvalue weighted by Gasteiger charge is -2.09. The van der Waals surface area contributed by atoms with Crippen LogP contribution >= 0.6 is 27.5 Å². The monoisotopic (exact) mass is 342 g/mol. The van der Waals surface area contributed by atoms with E-state index < -0.39 is 14.9 Å². The molecule has 94 valence electrons. The van der Waals surface area contributed by atoms with Gasteiger partial charge in [0.25, 0.3) is 5.69 Å². The van der Waals surface area contributed by atoms with Gasteiger partial charge in [-0.2, -0.15) is 0 Å². The second kappa shape index (κ2) is 5.19. The second-order valence-corrected chi connectivity index (χ2v) is 6.63. The lowest BCUT2D eigenvalue weighted by Crippen LogP contribution is -2.14. The predicted octanol–water partition coefficient (Wildman–Crippen LogP) is 2.65. The van der Waals surface area contributed by atoms with Crippen molar-refractivity contribution in [2.75, 3.05) is 9.38 Å². The van der Waals surface area contributed by atoms with Crippen LogP contribution in [0.4, 0.5) is 11.4 Å². The quantitative estimate of drug-likeness (QED) is 0.517. The van der Waals surface area contributed by atoms with E-state index in [2.05, 4.69) is 20.7 Å². The molecular weight excluding hydrogens is 336 g/mol. The first-order valence-electron chi connectivity index (χ1n) is 4.28. The Morgan fingerprint density at radius 2 is 2.12 bits per heavy atom. The minimum Gasteiger partial charge on any atom is -0.283 e. The first-order chi connectivity index (χ1) is 7.76. The number of aryl methyl sites for hydroxylation is 1. The zero-order valence-electron chi connectivity index (χ0n) is 8.61. The van der Waals surface area contributed by atoms with Gasteiger partial charge in [-0.15, -0.1) is 0 Å². The third kappa shape index (κ3) is 3.55. The Morgan fingerprint density at radius 3 is 2.59 bits per heavy atom. The van der Waals surface area contributed by atoms with Crippen molar-refractivity contribution >= 4 is 48.9 Å². The van der Waals surface area contributed by atoms with E-state index in [1.807, 2.05) is 0 Å². The van der Waals surface area contributed by atoms with Gasteiger partial charge >= 0.3 is 0 Å². The van der Waals surface area contributed by atoms with Gasteiger partial charge in [-0.3, -0.25) is 14.8 Å². The summed E-state index contributed by atoms with van der Waals surface area (Å²) in [5.41, 5.74) is 0.386. The summed E-state index contributed by atoms with van der Waals surface area (Å²) < 4.78 is 24.6. The molecule has 6 nitrogen and oxygen atoms in total. The molecule has 0 aliphatic heterocycles. The van der Waals surface area contributed by atoms with E-state index in [4.69, 9.17) is 11.6 Å². The van der Waals surface area contributed by atoms with E-state index in [-0.39, 0.29) is 21.1 Å². The number of nitrogens with zero attached hydrogens (tertiary/aromatic N) is 1. The fourth-order valence-electron chi connectivity index (χ4n) is 1.11. The number of anilines is 1. The number of nitro groups is 1. The fourth-order valence-corrected chi connectivity index (χ4v) is 2.30. The van der Waals surface area contributed by atoms with Crippen molar-refractivity contribution in [2.24, 2.45) is 0 Å². The molecule has 0 heterocycles. The molecule has 0 aliphatic rings. The van der Waals surface area contributed by atoms with Gasteiger partial charge in [-0.05, 0) is 18.6 Å². The van der Waals surface area contributed by atoms with Gasteiger partial charge in [-0.25, -0.2) is 8.42 Å². The number of hydrogen-bond donors (Lipinski definition) is 1. The zero-order valence-corrected chi connectivity index (χ0v) is 11.8. The number of alkyl halides is 1. The number of nitro benzene ring substituents is 1. The number of hydrogen-bond acceptors (Lipinski definition) is 4. The maximum absolute atomic E-state index is 11.3. The number of halogens is 2. The SMILES string of the molecule is Cc1cc([N+](=O)[O-])c(Cl)cc1NS(=O)(=O)CBr. The van der Waals surface area contributed by atoms with Gasteiger partial charge in [0.15, 0.2) is 0 Å². The molecule has 1 aromatic carbocycles. The highest BCUT2D eigenvalue weighted by Gasteiger charge is 2.17. The van der Waals surface area contributed by atoms with Crippen molar-refractivity contribution < 1.29 is 13.3 Å². The van der Waals surface area contributed by atoms with Crippen molar-refractivity contribution in [1.82, 2.24) is 0 Å². The van der Waals surface area contributed by atoms with Crippen molar-refractivity contribution in [3.63, 3.8) is 0 Å². The maximum atomic E-state index is 11.3. The smallest absolute Gasteiger partial charge is 0.283 e. The third-order valence-corrected chi connectivity index (χ3v) is 4.83. The molecule has 1 aromatic rings. The molecule has 0 amide bonds. The second-order valence-electron chi connectivity index (χ2n) is 3.20. The highest BCUT2D eigenvalue weighted by Crippen LogP contribution is 2.31. The molecule has 17 heavy (non-hydrogen) atoms. The van der Waals surface area contributed by atoms with E-state index in [1.54, 1.807) is 6.92 Å². The van der Waals surface area contributed by atoms with E-state index in [0.717, 1.165) is 0 Å². The van der Waals surface area contributed by atoms with Crippen molar-refractivity contribution in [2.45, 2.75) is 6.92 Å². The maximum Gasteiger partial charge on any atom is 0.288 e. The largest absolute Gasteiger partial charge is 0.288 e. The Bertz CT molecular complexity index is 561. The van der Waals surface area contributed by atoms with Gasteiger partial charge in [-0.1, -0.05) is 27.5 Å². The van der Waals surface area contributed by atoms with E-state index >= 15 is 0 Å². The summed E-state index contributed by atoms with van der Waals surface area (Å²) in [6.45, 7) is 1.55. The Kier molecular flexibility index (Phi) is 4.34. The lowest BCUT2D eigenvalue weighted by atomic mass is 10.2. The average molecular weight is 344 g/mol. The molecule has 0 fully saturated rings. The van der Waals surface area contributed by atoms with E-state index in [9.17, 15) is 18.5 Å². The summed E-state index contributed by atoms with van der Waals surface area (Å²) in [6, 6.07) is 2.43. The normalized spacial score (nSPS) is 11.2. The van der Waals surface area contributed by atoms with Crippen LogP contribution in [-0.4, -0.2) is 18.0 Å². The van der Waals surface area contributed by atoms with Gasteiger partial charge < -0.3 is 0 Å². The molecule has 0 saturated carbocycles. The molecule has 0 radical (unpaired) electrons. The van der Waals surface area contributed by atoms with E-state index in [0.29, 0.717) is 5.56 Å². The molecule has 1 rings (SSSR count). The molecule has 0 atom stereocenters. The predicted molar refractivity (Wildman–Crippen MR) is 69.2 cm³/mol. The third-order valence-electron chi connectivity index (χ3n) is 1.90. The van der Waals surface area contributed by atoms with Gasteiger partial charge in [0, 0.05) is 6.07 Å². The molecule has 9 heteroatoms. The van der Waals surface area contributed by atoms with Crippen LogP contribution in [0.2, 0.25) is 5.02 Å². The molecule has 0 aromatic heterocycles. The highest BCUT2D eigenvalue weighted by atomic mass is 79.9. The molecule has 0 aliphatic carbocycles. The van der Waals surface area contributed by atoms with Crippen LogP contribution in [0.15, 0.2) is 12.1 Å². The van der Waals surface area contributed by atoms with Crippen molar-refractivity contribution in [3.8, 4) is 0 Å². The van der Waals surface area contributed by atoms with Gasteiger partial charge in [0.1, 0.15) is 9.68 Å². The summed E-state index contributed by atoms with van der Waals surface area (Å²) in [7, 11) is -3.51. The molecular formula is C8H8BrClN2O4S. The van der Waals surface area contributed by atoms with Crippen LogP contribution in [-0.2, 0) is 10.0 Å². The summed E-state index contributed by atoms with van der Waals surface area (Å²) >= 11 is 8.50. The number of nitrogens with one attached hydrogen (secondary N) is 1. The summed E-state index contributed by atoms with van der Waals surface area (Å²) in [5, 5.41) is 10.5. The van der Waals surface area contributed by atoms with Crippen LogP contribution in [0.5, 0.6) is 0 Å². The molecule has 0 unspecified atom stereocenters. The number of rotatable bonds is 4. The Hall–Kier alpha value is -0.860. The van der Waals surface area contributed by atoms with Crippen LogP contribution in [0.25, 0.3) is 0 Å². The highest BCUT2D eigenvalue weighted by molar-refractivity contribution is 9.10. The standard InChI is InChI=1S/C8H8BrClN2O4S/c1-5-2-8(12(13)14)6(10)3-7(5)11-17(15,16)4-9/h2-3,11H,4H2,1H3. The molecule has 1 N–H and O–H groups in total. The Morgan fingerprint density at radius 1 is 1.53 bits per heavy atom. The summed E-state index contributed by atoms with van der Waals surface area (Å²) in [5.74, 6) is 0. The van der Waals surface area contributed by atoms with Crippen molar-refractivity contribution in [3.05, 3.63) is 32.8 Å². The molecule has 0 spiro atoms.